The second-order valence-corrected chi connectivity index (χ2v) is 9.42. The van der Waals surface area contributed by atoms with Crippen LogP contribution in [0.25, 0.3) is 22.2 Å². The Balaban J connectivity index is 1.35. The van der Waals surface area contributed by atoms with Gasteiger partial charge in [-0.15, -0.1) is 5.10 Å². The Bertz CT molecular complexity index is 1660. The van der Waals surface area contributed by atoms with Crippen LogP contribution < -0.4 is 14.8 Å². The van der Waals surface area contributed by atoms with Gasteiger partial charge in [0.15, 0.2) is 11.5 Å². The van der Waals surface area contributed by atoms with Crippen LogP contribution >= 0.6 is 0 Å². The molecule has 10 nitrogen and oxygen atoms in total. The maximum absolute atomic E-state index is 12.9. The van der Waals surface area contributed by atoms with Crippen molar-refractivity contribution in [3.8, 4) is 22.8 Å². The molecular weight excluding hydrogens is 565 g/mol. The molecule has 0 aliphatic rings. The van der Waals surface area contributed by atoms with E-state index in [1.54, 1.807) is 31.2 Å². The van der Waals surface area contributed by atoms with Crippen molar-refractivity contribution in [3.63, 3.8) is 0 Å². The van der Waals surface area contributed by atoms with Gasteiger partial charge in [0.25, 0.3) is 0 Å². The third-order valence-corrected chi connectivity index (χ3v) is 6.38. The summed E-state index contributed by atoms with van der Waals surface area (Å²) in [6, 6.07) is 16.2. The Morgan fingerprint density at radius 3 is 2.26 bits per heavy atom. The average molecular weight is 595 g/mol. The third-order valence-electron chi connectivity index (χ3n) is 6.38. The molecule has 0 spiro atoms. The summed E-state index contributed by atoms with van der Waals surface area (Å²) in [4.78, 5) is 8.86. The number of rotatable bonds is 13. The van der Waals surface area contributed by atoms with Crippen LogP contribution in [0.1, 0.15) is 11.1 Å². The van der Waals surface area contributed by atoms with Crippen molar-refractivity contribution in [2.75, 3.05) is 46.0 Å². The fourth-order valence-electron chi connectivity index (χ4n) is 4.25. The van der Waals surface area contributed by atoms with E-state index in [1.165, 1.54) is 18.5 Å². The van der Waals surface area contributed by atoms with Crippen LogP contribution in [-0.2, 0) is 22.2 Å². The van der Waals surface area contributed by atoms with Gasteiger partial charge in [0.2, 0.25) is 0 Å². The minimum Gasteiger partial charge on any atom is -0.487 e. The highest BCUT2D eigenvalue weighted by atomic mass is 19.4. The minimum absolute atomic E-state index is 0.280. The largest absolute Gasteiger partial charge is 0.487 e. The fraction of sp³-hybridized carbons (Fsp3) is 0.267. The Morgan fingerprint density at radius 2 is 1.56 bits per heavy atom. The van der Waals surface area contributed by atoms with E-state index >= 15 is 0 Å². The van der Waals surface area contributed by atoms with Gasteiger partial charge in [-0.05, 0) is 35.9 Å². The van der Waals surface area contributed by atoms with Gasteiger partial charge < -0.3 is 24.3 Å². The molecule has 5 rings (SSSR count). The maximum Gasteiger partial charge on any atom is 0.416 e. The van der Waals surface area contributed by atoms with E-state index in [2.05, 4.69) is 25.6 Å². The number of hydrogen-bond donors (Lipinski definition) is 1. The van der Waals surface area contributed by atoms with Crippen LogP contribution in [0, 0.1) is 0 Å². The number of nitrogens with one attached hydrogen (secondary N) is 1. The van der Waals surface area contributed by atoms with Gasteiger partial charge in [-0.2, -0.15) is 13.2 Å². The Hall–Kier alpha value is -4.75. The molecule has 0 radical (unpaired) electrons. The second kappa shape index (κ2) is 13.5. The SMILES string of the molecule is COCCOc1cc2ncnc(Nc3cccc(-c4cn(Cc5ccc(C(F)(F)F)cc5)nn4)c3)c2cc1OCCOC. The first-order valence-corrected chi connectivity index (χ1v) is 13.3. The number of alkyl halides is 3. The summed E-state index contributed by atoms with van der Waals surface area (Å²) in [5.41, 5.74) is 2.79. The summed E-state index contributed by atoms with van der Waals surface area (Å²) in [6.07, 6.45) is -1.17. The predicted molar refractivity (Wildman–Crippen MR) is 154 cm³/mol. The van der Waals surface area contributed by atoms with Crippen molar-refractivity contribution in [1.82, 2.24) is 25.0 Å². The topological polar surface area (TPSA) is 105 Å². The lowest BCUT2D eigenvalue weighted by Gasteiger charge is -2.15. The molecule has 0 aliphatic carbocycles. The predicted octanol–water partition coefficient (Wildman–Crippen LogP) is 5.75. The molecule has 2 aromatic heterocycles. The molecule has 5 aromatic rings. The first-order chi connectivity index (χ1) is 20.8. The van der Waals surface area contributed by atoms with Gasteiger partial charge in [0, 0.05) is 36.9 Å². The van der Waals surface area contributed by atoms with Gasteiger partial charge in [-0.3, -0.25) is 0 Å². The standard InChI is InChI=1S/C30H29F3N6O4/c1-40-10-12-42-27-15-24-25(16-28(27)43-13-11-41-2)34-19-35-29(24)36-23-5-3-4-21(14-23)26-18-39(38-37-26)17-20-6-8-22(9-7-20)30(31,32)33/h3-9,14-16,18-19H,10-13,17H2,1-2H3,(H,34,35,36). The van der Waals surface area contributed by atoms with Crippen molar-refractivity contribution < 1.29 is 32.1 Å². The zero-order chi connectivity index (χ0) is 30.2. The maximum atomic E-state index is 12.9. The van der Waals surface area contributed by atoms with Gasteiger partial charge in [-0.25, -0.2) is 14.6 Å². The Kier molecular flexibility index (Phi) is 9.32. The molecule has 0 unspecified atom stereocenters. The molecule has 0 amide bonds. The molecule has 0 aliphatic heterocycles. The van der Waals surface area contributed by atoms with Crippen molar-refractivity contribution in [2.45, 2.75) is 12.7 Å². The van der Waals surface area contributed by atoms with Crippen LogP contribution in [0.3, 0.4) is 0 Å². The van der Waals surface area contributed by atoms with E-state index in [0.717, 1.165) is 28.8 Å². The number of hydrogen-bond acceptors (Lipinski definition) is 9. The van der Waals surface area contributed by atoms with E-state index in [4.69, 9.17) is 18.9 Å². The van der Waals surface area contributed by atoms with Crippen molar-refractivity contribution >= 4 is 22.4 Å². The van der Waals surface area contributed by atoms with Crippen LogP contribution in [0.2, 0.25) is 0 Å². The van der Waals surface area contributed by atoms with Gasteiger partial charge >= 0.3 is 6.18 Å². The normalized spacial score (nSPS) is 11.6. The quantitative estimate of drug-likeness (QED) is 0.171. The molecular formula is C30H29F3N6O4. The molecule has 0 atom stereocenters. The summed E-state index contributed by atoms with van der Waals surface area (Å²) < 4.78 is 62.2. The molecule has 0 fully saturated rings. The number of fused-ring (bicyclic) bond motifs is 1. The first kappa shape index (κ1) is 29.7. The molecule has 224 valence electrons. The molecule has 2 heterocycles. The number of nitrogens with zero attached hydrogens (tertiary/aromatic N) is 5. The van der Waals surface area contributed by atoms with Gasteiger partial charge in [0.05, 0.1) is 37.0 Å². The molecule has 0 saturated carbocycles. The van der Waals surface area contributed by atoms with Crippen LogP contribution in [-0.4, -0.2) is 65.6 Å². The number of anilines is 2. The number of halogens is 3. The van der Waals surface area contributed by atoms with E-state index in [1.807, 2.05) is 30.3 Å². The Morgan fingerprint density at radius 1 is 0.837 bits per heavy atom. The zero-order valence-corrected chi connectivity index (χ0v) is 23.5. The average Bonchev–Trinajstić information content (AvgIpc) is 3.46. The monoisotopic (exact) mass is 594 g/mol. The van der Waals surface area contributed by atoms with E-state index in [0.29, 0.717) is 60.5 Å². The van der Waals surface area contributed by atoms with Crippen LogP contribution in [0.5, 0.6) is 11.5 Å². The highest BCUT2D eigenvalue weighted by Gasteiger charge is 2.29. The summed E-state index contributed by atoms with van der Waals surface area (Å²) in [6.45, 7) is 1.79. The number of methoxy groups -OCH3 is 2. The highest BCUT2D eigenvalue weighted by Crippen LogP contribution is 2.35. The van der Waals surface area contributed by atoms with E-state index in [-0.39, 0.29) is 6.54 Å². The summed E-state index contributed by atoms with van der Waals surface area (Å²) >= 11 is 0. The third kappa shape index (κ3) is 7.56. The summed E-state index contributed by atoms with van der Waals surface area (Å²) in [5, 5.41) is 12.5. The smallest absolute Gasteiger partial charge is 0.416 e. The van der Waals surface area contributed by atoms with Crippen molar-refractivity contribution in [2.24, 2.45) is 0 Å². The molecule has 1 N–H and O–H groups in total. The first-order valence-electron chi connectivity index (χ1n) is 13.3. The summed E-state index contributed by atoms with van der Waals surface area (Å²) in [7, 11) is 3.20. The molecule has 13 heteroatoms. The highest BCUT2D eigenvalue weighted by molar-refractivity contribution is 5.93. The van der Waals surface area contributed by atoms with Crippen molar-refractivity contribution in [1.29, 1.82) is 0 Å². The lowest BCUT2D eigenvalue weighted by Crippen LogP contribution is -2.09. The van der Waals surface area contributed by atoms with Crippen molar-refractivity contribution in [3.05, 3.63) is 84.3 Å². The van der Waals surface area contributed by atoms with E-state index < -0.39 is 11.7 Å². The lowest BCUT2D eigenvalue weighted by atomic mass is 10.1. The molecule has 0 bridgehead atoms. The van der Waals surface area contributed by atoms with Crippen LogP contribution in [0.15, 0.2) is 73.2 Å². The molecule has 43 heavy (non-hydrogen) atoms. The van der Waals surface area contributed by atoms with Crippen LogP contribution in [0.4, 0.5) is 24.7 Å². The number of benzene rings is 3. The lowest BCUT2D eigenvalue weighted by molar-refractivity contribution is -0.137. The minimum atomic E-state index is -4.38. The molecule has 3 aromatic carbocycles. The Labute approximate surface area is 245 Å². The second-order valence-electron chi connectivity index (χ2n) is 9.42. The zero-order valence-electron chi connectivity index (χ0n) is 23.5. The fourth-order valence-corrected chi connectivity index (χ4v) is 4.25. The number of aromatic nitrogens is 5. The number of ether oxygens (including phenoxy) is 4. The van der Waals surface area contributed by atoms with Gasteiger partial charge in [0.1, 0.15) is 31.1 Å². The summed E-state index contributed by atoms with van der Waals surface area (Å²) in [5.74, 6) is 1.62. The molecule has 0 saturated heterocycles. The van der Waals surface area contributed by atoms with Gasteiger partial charge in [-0.1, -0.05) is 29.5 Å². The van der Waals surface area contributed by atoms with E-state index in [9.17, 15) is 13.2 Å².